The Bertz CT molecular complexity index is 1160. The highest BCUT2D eigenvalue weighted by molar-refractivity contribution is 5.73. The Morgan fingerprint density at radius 2 is 1.80 bits per heavy atom. The van der Waals surface area contributed by atoms with Gasteiger partial charge in [-0.1, -0.05) is 55.7 Å². The van der Waals surface area contributed by atoms with Crippen LogP contribution in [-0.2, 0) is 11.8 Å². The van der Waals surface area contributed by atoms with Crippen molar-refractivity contribution >= 4 is 5.95 Å². The van der Waals surface area contributed by atoms with Gasteiger partial charge in [-0.2, -0.15) is 0 Å². The summed E-state index contributed by atoms with van der Waals surface area (Å²) < 4.78 is 7.11. The molecule has 1 heterocycles. The van der Waals surface area contributed by atoms with Gasteiger partial charge in [0.2, 0.25) is 5.95 Å². The van der Waals surface area contributed by atoms with E-state index < -0.39 is 0 Å². The van der Waals surface area contributed by atoms with Crippen molar-refractivity contribution in [2.75, 3.05) is 12.5 Å². The third kappa shape index (κ3) is 2.75. The number of fused-ring (bicyclic) bond motifs is 4. The summed E-state index contributed by atoms with van der Waals surface area (Å²) in [5.74, 6) is 6.77. The summed E-state index contributed by atoms with van der Waals surface area (Å²) in [5, 5.41) is 0. The molecule has 1 spiro atoms. The average Bonchev–Trinajstić information content (AvgIpc) is 2.79. The van der Waals surface area contributed by atoms with Crippen LogP contribution in [0, 0.1) is 0 Å². The first-order valence-electron chi connectivity index (χ1n) is 10.5. The number of para-hydroxylation sites is 2. The van der Waals surface area contributed by atoms with Crippen LogP contribution >= 0.6 is 0 Å². The van der Waals surface area contributed by atoms with Crippen molar-refractivity contribution in [1.29, 1.82) is 0 Å². The van der Waals surface area contributed by atoms with Crippen molar-refractivity contribution in [3.8, 4) is 22.7 Å². The van der Waals surface area contributed by atoms with Crippen LogP contribution in [0.2, 0.25) is 0 Å². The van der Waals surface area contributed by atoms with E-state index in [1.807, 2.05) is 30.3 Å². The summed E-state index contributed by atoms with van der Waals surface area (Å²) in [4.78, 5) is 19.0. The van der Waals surface area contributed by atoms with E-state index in [2.05, 4.69) is 23.6 Å². The third-order valence-electron chi connectivity index (χ3n) is 6.68. The fourth-order valence-corrected chi connectivity index (χ4v) is 5.34. The third-order valence-corrected chi connectivity index (χ3v) is 6.68. The lowest BCUT2D eigenvalue weighted by molar-refractivity contribution is 0.284. The lowest BCUT2D eigenvalue weighted by Crippen LogP contribution is -2.43. The number of hydrazine groups is 1. The number of nitrogens with two attached hydrogens (primary N) is 1. The fourth-order valence-electron chi connectivity index (χ4n) is 5.34. The van der Waals surface area contributed by atoms with Gasteiger partial charge in [0.15, 0.2) is 0 Å². The zero-order chi connectivity index (χ0) is 20.7. The Morgan fingerprint density at radius 3 is 2.57 bits per heavy atom. The summed E-state index contributed by atoms with van der Waals surface area (Å²) in [6, 6.07) is 15.8. The zero-order valence-corrected chi connectivity index (χ0v) is 17.1. The standard InChI is InChI=1S/C24H26N4O2/c1-30-19-12-6-5-11-18(19)28-22(29)20-21(26-23(28)27-25)17-10-4-3-9-16(17)15-24(20)13-7-2-8-14-24/h3-6,9-12H,2,7-8,13-15,25H2,1H3,(H,26,27). The number of aromatic nitrogens is 2. The molecule has 2 aliphatic carbocycles. The minimum Gasteiger partial charge on any atom is -0.495 e. The van der Waals surface area contributed by atoms with Crippen LogP contribution in [0.4, 0.5) is 5.95 Å². The molecular formula is C24H26N4O2. The maximum Gasteiger partial charge on any atom is 0.264 e. The molecule has 6 nitrogen and oxygen atoms in total. The molecule has 0 saturated heterocycles. The summed E-state index contributed by atoms with van der Waals surface area (Å²) in [7, 11) is 1.60. The Morgan fingerprint density at radius 1 is 1.07 bits per heavy atom. The van der Waals surface area contributed by atoms with E-state index in [9.17, 15) is 4.79 Å². The molecule has 3 aromatic rings. The Kier molecular flexibility index (Phi) is 4.59. The van der Waals surface area contributed by atoms with Crippen LogP contribution in [0.3, 0.4) is 0 Å². The number of benzene rings is 2. The van der Waals surface area contributed by atoms with Crippen LogP contribution in [0.15, 0.2) is 53.3 Å². The van der Waals surface area contributed by atoms with Crippen molar-refractivity contribution in [3.63, 3.8) is 0 Å². The van der Waals surface area contributed by atoms with Gasteiger partial charge in [0.1, 0.15) is 5.75 Å². The van der Waals surface area contributed by atoms with Crippen molar-refractivity contribution < 1.29 is 4.74 Å². The molecule has 0 atom stereocenters. The highest BCUT2D eigenvalue weighted by atomic mass is 16.5. The number of anilines is 1. The summed E-state index contributed by atoms with van der Waals surface area (Å²) in [6.07, 6.45) is 6.38. The molecule has 2 aromatic carbocycles. The molecule has 0 bridgehead atoms. The highest BCUT2D eigenvalue weighted by Crippen LogP contribution is 2.48. The van der Waals surface area contributed by atoms with Gasteiger partial charge in [0.05, 0.1) is 24.1 Å². The number of rotatable bonds is 3. The molecular weight excluding hydrogens is 376 g/mol. The van der Waals surface area contributed by atoms with Crippen LogP contribution in [0.5, 0.6) is 5.75 Å². The van der Waals surface area contributed by atoms with Gasteiger partial charge in [0, 0.05) is 11.0 Å². The minimum absolute atomic E-state index is 0.0612. The first kappa shape index (κ1) is 18.9. The zero-order valence-electron chi connectivity index (χ0n) is 17.1. The van der Waals surface area contributed by atoms with E-state index in [4.69, 9.17) is 15.6 Å². The first-order valence-corrected chi connectivity index (χ1v) is 10.5. The van der Waals surface area contributed by atoms with Gasteiger partial charge in [-0.25, -0.2) is 15.4 Å². The van der Waals surface area contributed by atoms with E-state index in [-0.39, 0.29) is 11.0 Å². The van der Waals surface area contributed by atoms with E-state index in [0.29, 0.717) is 17.4 Å². The number of hydrogen-bond acceptors (Lipinski definition) is 5. The summed E-state index contributed by atoms with van der Waals surface area (Å²) in [5.41, 5.74) is 6.94. The number of nitrogens with zero attached hydrogens (tertiary/aromatic N) is 2. The Hall–Kier alpha value is -3.12. The second kappa shape index (κ2) is 7.29. The Labute approximate surface area is 175 Å². The molecule has 0 radical (unpaired) electrons. The first-order chi connectivity index (χ1) is 14.7. The van der Waals surface area contributed by atoms with Gasteiger partial charge in [-0.05, 0) is 37.0 Å². The topological polar surface area (TPSA) is 82.2 Å². The lowest BCUT2D eigenvalue weighted by atomic mass is 9.62. The molecule has 6 heteroatoms. The predicted octanol–water partition coefficient (Wildman–Crippen LogP) is 3.95. The smallest absolute Gasteiger partial charge is 0.264 e. The van der Waals surface area contributed by atoms with E-state index in [1.165, 1.54) is 12.0 Å². The SMILES string of the molecule is COc1ccccc1-n1c(NN)nc2c(c1=O)C1(CCCCC1)Cc1ccccc1-2. The molecule has 30 heavy (non-hydrogen) atoms. The maximum atomic E-state index is 14.1. The molecule has 0 amide bonds. The quantitative estimate of drug-likeness (QED) is 0.512. The van der Waals surface area contributed by atoms with Crippen molar-refractivity contribution in [1.82, 2.24) is 9.55 Å². The molecule has 2 aliphatic rings. The minimum atomic E-state index is -0.178. The normalized spacial score (nSPS) is 16.6. The second-order valence-electron chi connectivity index (χ2n) is 8.29. The van der Waals surface area contributed by atoms with Gasteiger partial charge in [0.25, 0.3) is 5.56 Å². The summed E-state index contributed by atoms with van der Waals surface area (Å²) in [6.45, 7) is 0. The van der Waals surface area contributed by atoms with Crippen LogP contribution in [0.25, 0.3) is 16.9 Å². The molecule has 3 N–H and O–H groups in total. The molecule has 1 fully saturated rings. The average molecular weight is 402 g/mol. The van der Waals surface area contributed by atoms with Gasteiger partial charge in [-0.3, -0.25) is 10.2 Å². The molecule has 0 aliphatic heterocycles. The number of ether oxygens (including phenoxy) is 1. The van der Waals surface area contributed by atoms with Crippen LogP contribution in [0.1, 0.15) is 43.2 Å². The number of nitrogens with one attached hydrogen (secondary N) is 1. The van der Waals surface area contributed by atoms with Crippen LogP contribution in [-0.4, -0.2) is 16.7 Å². The largest absolute Gasteiger partial charge is 0.495 e. The second-order valence-corrected chi connectivity index (χ2v) is 8.29. The molecule has 5 rings (SSSR count). The Balaban J connectivity index is 1.86. The van der Waals surface area contributed by atoms with Gasteiger partial charge < -0.3 is 4.74 Å². The molecule has 154 valence electrons. The van der Waals surface area contributed by atoms with Crippen molar-refractivity contribution in [2.24, 2.45) is 5.84 Å². The lowest BCUT2D eigenvalue weighted by Gasteiger charge is -2.42. The van der Waals surface area contributed by atoms with Crippen LogP contribution < -0.4 is 21.6 Å². The monoisotopic (exact) mass is 402 g/mol. The van der Waals surface area contributed by atoms with Crippen molar-refractivity contribution in [3.05, 3.63) is 70.0 Å². The molecule has 1 aromatic heterocycles. The number of nitrogen functional groups attached to an aromatic ring is 1. The number of hydrogen-bond donors (Lipinski definition) is 2. The van der Waals surface area contributed by atoms with Gasteiger partial charge >= 0.3 is 0 Å². The van der Waals surface area contributed by atoms with E-state index in [0.717, 1.165) is 48.9 Å². The fraction of sp³-hybridized carbons (Fsp3) is 0.333. The van der Waals surface area contributed by atoms with E-state index >= 15 is 0 Å². The van der Waals surface area contributed by atoms with E-state index in [1.54, 1.807) is 11.7 Å². The predicted molar refractivity (Wildman–Crippen MR) is 118 cm³/mol. The van der Waals surface area contributed by atoms with Crippen molar-refractivity contribution in [2.45, 2.75) is 43.9 Å². The molecule has 1 saturated carbocycles. The number of methoxy groups -OCH3 is 1. The highest BCUT2D eigenvalue weighted by Gasteiger charge is 2.43. The maximum absolute atomic E-state index is 14.1. The molecule has 0 unspecified atom stereocenters. The summed E-state index contributed by atoms with van der Waals surface area (Å²) >= 11 is 0. The van der Waals surface area contributed by atoms with Gasteiger partial charge in [-0.15, -0.1) is 0 Å².